The van der Waals surface area contributed by atoms with Gasteiger partial charge in [-0.2, -0.15) is 0 Å². The van der Waals surface area contributed by atoms with Crippen LogP contribution in [0, 0.1) is 0 Å². The SMILES string of the molecule is CCCNC(=O)c1cc(NC(=O)Nc2ccccc2)ccc1N1CCCCC1. The maximum Gasteiger partial charge on any atom is 0.323 e. The quantitative estimate of drug-likeness (QED) is 0.693. The molecule has 3 amide bonds. The standard InChI is InChI=1S/C22H28N4O2/c1-2-13-23-21(27)19-16-18(11-12-20(19)26-14-7-4-8-15-26)25-22(28)24-17-9-5-3-6-10-17/h3,5-6,9-12,16H,2,4,7-8,13-15H2,1H3,(H,23,27)(H2,24,25,28). The molecule has 1 aliphatic heterocycles. The number of amides is 3. The molecule has 0 aromatic heterocycles. The number of rotatable bonds is 6. The van der Waals surface area contributed by atoms with E-state index in [0.717, 1.165) is 38.0 Å². The highest BCUT2D eigenvalue weighted by Gasteiger charge is 2.19. The molecule has 1 saturated heterocycles. The zero-order chi connectivity index (χ0) is 19.8. The maximum absolute atomic E-state index is 12.7. The monoisotopic (exact) mass is 380 g/mol. The Kier molecular flexibility index (Phi) is 6.89. The van der Waals surface area contributed by atoms with Crippen molar-refractivity contribution in [3.05, 3.63) is 54.1 Å². The van der Waals surface area contributed by atoms with Crippen molar-refractivity contribution in [2.45, 2.75) is 32.6 Å². The van der Waals surface area contributed by atoms with Crippen LogP contribution >= 0.6 is 0 Å². The fourth-order valence-corrected chi connectivity index (χ4v) is 3.35. The van der Waals surface area contributed by atoms with Gasteiger partial charge in [-0.1, -0.05) is 25.1 Å². The number of para-hydroxylation sites is 1. The molecule has 1 fully saturated rings. The second-order valence-corrected chi connectivity index (χ2v) is 6.98. The molecule has 0 unspecified atom stereocenters. The molecule has 2 aromatic carbocycles. The van der Waals surface area contributed by atoms with Gasteiger partial charge in [0.1, 0.15) is 0 Å². The molecule has 3 rings (SSSR count). The molecule has 0 bridgehead atoms. The predicted molar refractivity (Wildman–Crippen MR) is 114 cm³/mol. The minimum absolute atomic E-state index is 0.102. The molecule has 3 N–H and O–H groups in total. The van der Waals surface area contributed by atoms with Gasteiger partial charge in [0.05, 0.1) is 5.56 Å². The molecule has 0 spiro atoms. The summed E-state index contributed by atoms with van der Waals surface area (Å²) in [5.41, 5.74) is 2.84. The number of nitrogens with one attached hydrogen (secondary N) is 3. The summed E-state index contributed by atoms with van der Waals surface area (Å²) in [4.78, 5) is 27.3. The summed E-state index contributed by atoms with van der Waals surface area (Å²) < 4.78 is 0. The van der Waals surface area contributed by atoms with Gasteiger partial charge in [-0.05, 0) is 56.0 Å². The lowest BCUT2D eigenvalue weighted by molar-refractivity contribution is 0.0954. The Balaban J connectivity index is 1.77. The van der Waals surface area contributed by atoms with Crippen LogP contribution in [0.15, 0.2) is 48.5 Å². The Labute approximate surface area is 166 Å². The summed E-state index contributed by atoms with van der Waals surface area (Å²) in [6.45, 7) is 4.56. The van der Waals surface area contributed by atoms with E-state index in [9.17, 15) is 9.59 Å². The summed E-state index contributed by atoms with van der Waals surface area (Å²) >= 11 is 0. The first-order chi connectivity index (χ1) is 13.7. The molecule has 0 radical (unpaired) electrons. The Morgan fingerprint density at radius 3 is 2.36 bits per heavy atom. The molecule has 6 heteroatoms. The van der Waals surface area contributed by atoms with E-state index in [2.05, 4.69) is 20.9 Å². The summed E-state index contributed by atoms with van der Waals surface area (Å²) in [7, 11) is 0. The molecule has 1 aliphatic rings. The van der Waals surface area contributed by atoms with Crippen molar-refractivity contribution in [3.8, 4) is 0 Å². The van der Waals surface area contributed by atoms with E-state index in [1.807, 2.05) is 49.4 Å². The van der Waals surface area contributed by atoms with E-state index in [0.29, 0.717) is 23.5 Å². The minimum atomic E-state index is -0.336. The summed E-state index contributed by atoms with van der Waals surface area (Å²) in [5, 5.41) is 8.57. The predicted octanol–water partition coefficient (Wildman–Crippen LogP) is 4.46. The summed E-state index contributed by atoms with van der Waals surface area (Å²) in [5.74, 6) is -0.102. The number of anilines is 3. The number of hydrogen-bond acceptors (Lipinski definition) is 3. The van der Waals surface area contributed by atoms with Gasteiger partial charge in [-0.15, -0.1) is 0 Å². The molecular weight excluding hydrogens is 352 g/mol. The number of piperidine rings is 1. The lowest BCUT2D eigenvalue weighted by Crippen LogP contribution is -2.33. The Hall–Kier alpha value is -3.02. The molecular formula is C22H28N4O2. The van der Waals surface area contributed by atoms with Gasteiger partial charge in [-0.25, -0.2) is 4.79 Å². The molecule has 6 nitrogen and oxygen atoms in total. The molecule has 2 aromatic rings. The van der Waals surface area contributed by atoms with Crippen LogP contribution in [0.25, 0.3) is 0 Å². The van der Waals surface area contributed by atoms with Gasteiger partial charge in [0.15, 0.2) is 0 Å². The van der Waals surface area contributed by atoms with Crippen LogP contribution in [-0.4, -0.2) is 31.6 Å². The third-order valence-electron chi connectivity index (χ3n) is 4.76. The van der Waals surface area contributed by atoms with E-state index >= 15 is 0 Å². The lowest BCUT2D eigenvalue weighted by Gasteiger charge is -2.30. The number of urea groups is 1. The van der Waals surface area contributed by atoms with E-state index < -0.39 is 0 Å². The average molecular weight is 380 g/mol. The van der Waals surface area contributed by atoms with Crippen LogP contribution < -0.4 is 20.9 Å². The van der Waals surface area contributed by atoms with Crippen LogP contribution in [0.1, 0.15) is 43.0 Å². The fourth-order valence-electron chi connectivity index (χ4n) is 3.35. The molecule has 1 heterocycles. The summed E-state index contributed by atoms with van der Waals surface area (Å²) in [6, 6.07) is 14.5. The molecule has 148 valence electrons. The first-order valence-electron chi connectivity index (χ1n) is 9.97. The zero-order valence-electron chi connectivity index (χ0n) is 16.3. The Morgan fingerprint density at radius 1 is 0.929 bits per heavy atom. The fraction of sp³-hybridized carbons (Fsp3) is 0.364. The second kappa shape index (κ2) is 9.78. The van der Waals surface area contributed by atoms with Crippen LogP contribution in [0.5, 0.6) is 0 Å². The smallest absolute Gasteiger partial charge is 0.323 e. The van der Waals surface area contributed by atoms with Gasteiger partial charge >= 0.3 is 6.03 Å². The normalized spacial score (nSPS) is 13.7. The van der Waals surface area contributed by atoms with Crippen LogP contribution in [0.4, 0.5) is 21.9 Å². The molecule has 0 saturated carbocycles. The molecule has 0 atom stereocenters. The van der Waals surface area contributed by atoms with Crippen LogP contribution in [0.3, 0.4) is 0 Å². The topological polar surface area (TPSA) is 73.5 Å². The third kappa shape index (κ3) is 5.25. The largest absolute Gasteiger partial charge is 0.371 e. The third-order valence-corrected chi connectivity index (χ3v) is 4.76. The van der Waals surface area contributed by atoms with Crippen molar-refractivity contribution in [2.75, 3.05) is 35.2 Å². The highest BCUT2D eigenvalue weighted by Crippen LogP contribution is 2.27. The van der Waals surface area contributed by atoms with Crippen molar-refractivity contribution in [1.29, 1.82) is 0 Å². The first-order valence-corrected chi connectivity index (χ1v) is 9.97. The average Bonchev–Trinajstić information content (AvgIpc) is 2.73. The van der Waals surface area contributed by atoms with Crippen molar-refractivity contribution >= 4 is 29.0 Å². The van der Waals surface area contributed by atoms with E-state index in [-0.39, 0.29) is 11.9 Å². The van der Waals surface area contributed by atoms with Crippen molar-refractivity contribution in [3.63, 3.8) is 0 Å². The zero-order valence-corrected chi connectivity index (χ0v) is 16.3. The molecule has 28 heavy (non-hydrogen) atoms. The molecule has 0 aliphatic carbocycles. The highest BCUT2D eigenvalue weighted by molar-refractivity contribution is 6.04. The first kappa shape index (κ1) is 19.7. The van der Waals surface area contributed by atoms with Gasteiger partial charge in [0, 0.05) is 36.7 Å². The van der Waals surface area contributed by atoms with Gasteiger partial charge < -0.3 is 20.9 Å². The van der Waals surface area contributed by atoms with Gasteiger partial charge in [-0.3, -0.25) is 4.79 Å². The minimum Gasteiger partial charge on any atom is -0.371 e. The van der Waals surface area contributed by atoms with Gasteiger partial charge in [0.25, 0.3) is 5.91 Å². The Morgan fingerprint density at radius 2 is 1.64 bits per heavy atom. The van der Waals surface area contributed by atoms with Crippen molar-refractivity contribution < 1.29 is 9.59 Å². The number of benzene rings is 2. The maximum atomic E-state index is 12.7. The van der Waals surface area contributed by atoms with Crippen LogP contribution in [0.2, 0.25) is 0 Å². The number of nitrogens with zero attached hydrogens (tertiary/aromatic N) is 1. The van der Waals surface area contributed by atoms with Crippen molar-refractivity contribution in [2.24, 2.45) is 0 Å². The van der Waals surface area contributed by atoms with E-state index in [1.165, 1.54) is 6.42 Å². The highest BCUT2D eigenvalue weighted by atomic mass is 16.2. The van der Waals surface area contributed by atoms with Crippen molar-refractivity contribution in [1.82, 2.24) is 5.32 Å². The second-order valence-electron chi connectivity index (χ2n) is 6.98. The van der Waals surface area contributed by atoms with E-state index in [1.54, 1.807) is 6.07 Å². The number of carbonyl (C=O) groups excluding carboxylic acids is 2. The Bertz CT molecular complexity index is 801. The number of carbonyl (C=O) groups is 2. The lowest BCUT2D eigenvalue weighted by atomic mass is 10.1. The van der Waals surface area contributed by atoms with Crippen LogP contribution in [-0.2, 0) is 0 Å². The van der Waals surface area contributed by atoms with E-state index in [4.69, 9.17) is 0 Å². The van der Waals surface area contributed by atoms with Gasteiger partial charge in [0.2, 0.25) is 0 Å². The number of hydrogen-bond donors (Lipinski definition) is 3. The summed E-state index contributed by atoms with van der Waals surface area (Å²) in [6.07, 6.45) is 4.38.